The summed E-state index contributed by atoms with van der Waals surface area (Å²) in [6.45, 7) is -0.810. The Morgan fingerprint density at radius 3 is 2.39 bits per heavy atom. The van der Waals surface area contributed by atoms with Gasteiger partial charge in [0.15, 0.2) is 12.3 Å². The van der Waals surface area contributed by atoms with Crippen LogP contribution in [0.25, 0.3) is 0 Å². The summed E-state index contributed by atoms with van der Waals surface area (Å²) in [6, 6.07) is 4.18. The summed E-state index contributed by atoms with van der Waals surface area (Å²) in [4.78, 5) is 20.8. The summed E-state index contributed by atoms with van der Waals surface area (Å²) in [7, 11) is 0. The first-order valence-electron chi connectivity index (χ1n) is 9.79. The molecule has 0 spiro atoms. The number of hydrogen-bond acceptors (Lipinski definition) is 6. The van der Waals surface area contributed by atoms with E-state index in [1.54, 1.807) is 10.4 Å². The summed E-state index contributed by atoms with van der Waals surface area (Å²) in [5.41, 5.74) is -2.92. The van der Waals surface area contributed by atoms with Gasteiger partial charge in [0.2, 0.25) is 5.91 Å². The summed E-state index contributed by atoms with van der Waals surface area (Å²) in [6.07, 6.45) is -15.7. The lowest BCUT2D eigenvalue weighted by Gasteiger charge is -2.27. The quantitative estimate of drug-likeness (QED) is 0.363. The van der Waals surface area contributed by atoms with Crippen LogP contribution in [0.5, 0.6) is 0 Å². The fourth-order valence-electron chi connectivity index (χ4n) is 3.10. The van der Waals surface area contributed by atoms with Gasteiger partial charge in [-0.05, 0) is 36.2 Å². The standard InChI is InChI=1S/C19H16F9N5O3/c1-9-4-10(2-3-11(9)32-35-7-15(34)29-8-17(20,21)22)12-6-16(36-33-12,19(26,27)28)13-5-14(31-30-13)18(23,24)25/h2-5,32H,6-8H2,1H3,(H,29,34)(H,30,31). The second kappa shape index (κ2) is 9.51. The average molecular weight is 533 g/mol. The molecular formula is C19H16F9N5O3. The Morgan fingerprint density at radius 1 is 1.14 bits per heavy atom. The highest BCUT2D eigenvalue weighted by molar-refractivity contribution is 6.02. The van der Waals surface area contributed by atoms with E-state index < -0.39 is 61.0 Å². The number of hydrogen-bond donors (Lipinski definition) is 3. The molecule has 1 unspecified atom stereocenters. The van der Waals surface area contributed by atoms with Crippen LogP contribution in [0, 0.1) is 6.92 Å². The number of rotatable bonds is 7. The highest BCUT2D eigenvalue weighted by Crippen LogP contribution is 2.49. The maximum atomic E-state index is 13.9. The van der Waals surface area contributed by atoms with Crippen LogP contribution in [-0.4, -0.2) is 47.3 Å². The van der Waals surface area contributed by atoms with Crippen molar-refractivity contribution in [1.82, 2.24) is 15.5 Å². The molecule has 36 heavy (non-hydrogen) atoms. The molecule has 1 amide bonds. The minimum atomic E-state index is -5.16. The minimum Gasteiger partial charge on any atom is -0.372 e. The van der Waals surface area contributed by atoms with Gasteiger partial charge in [0.1, 0.15) is 6.54 Å². The van der Waals surface area contributed by atoms with Crippen molar-refractivity contribution in [3.8, 4) is 0 Å². The van der Waals surface area contributed by atoms with E-state index >= 15 is 0 Å². The summed E-state index contributed by atoms with van der Waals surface area (Å²) in [5, 5.41) is 9.66. The molecule has 2 aromatic rings. The number of alkyl halides is 9. The van der Waals surface area contributed by atoms with Crippen LogP contribution in [0.1, 0.15) is 28.9 Å². The number of carbonyl (C=O) groups is 1. The number of carbonyl (C=O) groups excluding carboxylic acids is 1. The summed E-state index contributed by atoms with van der Waals surface area (Å²) < 4.78 is 116. The molecule has 0 bridgehead atoms. The Labute approximate surface area is 195 Å². The predicted molar refractivity (Wildman–Crippen MR) is 103 cm³/mol. The van der Waals surface area contributed by atoms with E-state index in [9.17, 15) is 44.3 Å². The molecule has 198 valence electrons. The van der Waals surface area contributed by atoms with Gasteiger partial charge in [0.05, 0.1) is 23.5 Å². The molecular weight excluding hydrogens is 517 g/mol. The number of H-pyrrole nitrogens is 1. The molecule has 1 aromatic carbocycles. The van der Waals surface area contributed by atoms with E-state index in [4.69, 9.17) is 4.84 Å². The Hall–Kier alpha value is -3.50. The van der Waals surface area contributed by atoms with Crippen molar-refractivity contribution in [3.63, 3.8) is 0 Å². The van der Waals surface area contributed by atoms with E-state index in [2.05, 4.69) is 20.6 Å². The molecule has 0 aliphatic carbocycles. The summed E-state index contributed by atoms with van der Waals surface area (Å²) in [5.74, 6) is -1.05. The molecule has 1 aliphatic heterocycles. The van der Waals surface area contributed by atoms with Crippen molar-refractivity contribution in [2.75, 3.05) is 18.6 Å². The molecule has 3 rings (SSSR count). The van der Waals surface area contributed by atoms with Gasteiger partial charge < -0.3 is 10.2 Å². The maximum Gasteiger partial charge on any atom is 0.437 e. The third-order valence-electron chi connectivity index (χ3n) is 4.92. The molecule has 0 fully saturated rings. The van der Waals surface area contributed by atoms with Gasteiger partial charge in [-0.15, -0.1) is 0 Å². The number of aromatic nitrogens is 2. The van der Waals surface area contributed by atoms with Crippen LogP contribution in [0.3, 0.4) is 0 Å². The number of aryl methyl sites for hydroxylation is 1. The van der Waals surface area contributed by atoms with Crippen LogP contribution >= 0.6 is 0 Å². The number of amides is 1. The second-order valence-electron chi connectivity index (χ2n) is 7.61. The average Bonchev–Trinajstić information content (AvgIpc) is 3.40. The van der Waals surface area contributed by atoms with Gasteiger partial charge in [-0.2, -0.15) is 44.6 Å². The van der Waals surface area contributed by atoms with Crippen molar-refractivity contribution in [2.24, 2.45) is 5.16 Å². The summed E-state index contributed by atoms with van der Waals surface area (Å²) >= 11 is 0. The predicted octanol–water partition coefficient (Wildman–Crippen LogP) is 4.34. The van der Waals surface area contributed by atoms with Gasteiger partial charge >= 0.3 is 18.5 Å². The van der Waals surface area contributed by atoms with E-state index in [1.165, 1.54) is 25.1 Å². The number of aromatic amines is 1. The molecule has 2 heterocycles. The fraction of sp³-hybridized carbons (Fsp3) is 0.421. The molecule has 1 aromatic heterocycles. The Balaban J connectivity index is 1.69. The van der Waals surface area contributed by atoms with Gasteiger partial charge in [0.25, 0.3) is 5.60 Å². The Morgan fingerprint density at radius 2 is 1.83 bits per heavy atom. The molecule has 0 saturated carbocycles. The van der Waals surface area contributed by atoms with Crippen molar-refractivity contribution in [3.05, 3.63) is 46.8 Å². The van der Waals surface area contributed by atoms with Gasteiger partial charge in [-0.1, -0.05) is 11.2 Å². The third-order valence-corrected chi connectivity index (χ3v) is 4.92. The zero-order valence-corrected chi connectivity index (χ0v) is 18.0. The lowest BCUT2D eigenvalue weighted by Crippen LogP contribution is -2.43. The first kappa shape index (κ1) is 27.1. The third kappa shape index (κ3) is 6.00. The van der Waals surface area contributed by atoms with Crippen LogP contribution < -0.4 is 10.8 Å². The number of benzene rings is 1. The molecule has 8 nitrogen and oxygen atoms in total. The molecule has 17 heteroatoms. The molecule has 1 atom stereocenters. The van der Waals surface area contributed by atoms with Gasteiger partial charge in [-0.3, -0.25) is 20.2 Å². The van der Waals surface area contributed by atoms with E-state index in [0.717, 1.165) is 0 Å². The number of nitrogens with zero attached hydrogens (tertiary/aromatic N) is 2. The van der Waals surface area contributed by atoms with Crippen molar-refractivity contribution in [1.29, 1.82) is 0 Å². The molecule has 0 saturated heterocycles. The first-order valence-corrected chi connectivity index (χ1v) is 9.79. The zero-order chi connectivity index (χ0) is 26.9. The molecule has 1 aliphatic rings. The van der Waals surface area contributed by atoms with Crippen LogP contribution in [0.2, 0.25) is 0 Å². The van der Waals surface area contributed by atoms with Crippen molar-refractivity contribution >= 4 is 17.3 Å². The largest absolute Gasteiger partial charge is 0.437 e. The van der Waals surface area contributed by atoms with Gasteiger partial charge in [-0.25, -0.2) is 0 Å². The van der Waals surface area contributed by atoms with Crippen molar-refractivity contribution < 1.29 is 54.0 Å². The number of oxime groups is 1. The molecule has 0 radical (unpaired) electrons. The van der Waals surface area contributed by atoms with E-state index in [1.807, 2.05) is 0 Å². The Bertz CT molecular complexity index is 1140. The lowest BCUT2D eigenvalue weighted by atomic mass is 9.89. The van der Waals surface area contributed by atoms with Gasteiger partial charge in [0, 0.05) is 0 Å². The monoisotopic (exact) mass is 533 g/mol. The Kier molecular flexibility index (Phi) is 7.16. The zero-order valence-electron chi connectivity index (χ0n) is 18.0. The highest BCUT2D eigenvalue weighted by atomic mass is 19.4. The fourth-order valence-corrected chi connectivity index (χ4v) is 3.10. The number of anilines is 1. The topological polar surface area (TPSA) is 101 Å². The smallest absolute Gasteiger partial charge is 0.372 e. The number of nitrogens with one attached hydrogen (secondary N) is 3. The van der Waals surface area contributed by atoms with Crippen LogP contribution in [0.15, 0.2) is 29.4 Å². The second-order valence-corrected chi connectivity index (χ2v) is 7.61. The van der Waals surface area contributed by atoms with Crippen LogP contribution in [0.4, 0.5) is 45.2 Å². The lowest BCUT2D eigenvalue weighted by molar-refractivity contribution is -0.277. The minimum absolute atomic E-state index is 0.141. The maximum absolute atomic E-state index is 13.9. The number of halogens is 9. The van der Waals surface area contributed by atoms with E-state index in [0.29, 0.717) is 5.56 Å². The van der Waals surface area contributed by atoms with Crippen LogP contribution in [-0.2, 0) is 26.2 Å². The first-order chi connectivity index (χ1) is 16.5. The normalized spacial score (nSPS) is 18.6. The molecule has 3 N–H and O–H groups in total. The SMILES string of the molecule is Cc1cc(C2=NOC(c3cc(C(F)(F)F)n[nH]3)(C(F)(F)F)C2)ccc1NOCC(=O)NCC(F)(F)F. The van der Waals surface area contributed by atoms with E-state index in [-0.39, 0.29) is 23.0 Å². The van der Waals surface area contributed by atoms with Crippen molar-refractivity contribution in [2.45, 2.75) is 37.5 Å². The highest BCUT2D eigenvalue weighted by Gasteiger charge is 2.64.